The first-order valence-corrected chi connectivity index (χ1v) is 6.21. The van der Waals surface area contributed by atoms with Crippen LogP contribution >= 0.6 is 0 Å². The molecule has 1 saturated heterocycles. The van der Waals surface area contributed by atoms with E-state index in [1.807, 2.05) is 13.1 Å². The number of carbonyl (C=O) groups is 1. The normalized spacial score (nSPS) is 18.2. The molecule has 1 fully saturated rings. The monoisotopic (exact) mass is 269 g/mol. The second kappa shape index (κ2) is 5.68. The van der Waals surface area contributed by atoms with E-state index in [1.165, 1.54) is 0 Å². The summed E-state index contributed by atoms with van der Waals surface area (Å²) in [6.45, 7) is 4.43. The highest BCUT2D eigenvalue weighted by Crippen LogP contribution is 2.26. The van der Waals surface area contributed by atoms with Gasteiger partial charge in [-0.05, 0) is 6.92 Å². The van der Waals surface area contributed by atoms with Gasteiger partial charge in [-0.15, -0.1) is 0 Å². The Morgan fingerprint density at radius 2 is 2.32 bits per heavy atom. The molecule has 7 heteroatoms. The van der Waals surface area contributed by atoms with Crippen LogP contribution in [0.1, 0.15) is 12.5 Å². The lowest BCUT2D eigenvalue weighted by Crippen LogP contribution is -2.61. The van der Waals surface area contributed by atoms with Crippen LogP contribution in [0, 0.1) is 0 Å². The first-order chi connectivity index (χ1) is 9.00. The summed E-state index contributed by atoms with van der Waals surface area (Å²) in [6.07, 6.45) is 3.69. The van der Waals surface area contributed by atoms with E-state index < -0.39 is 5.97 Å². The molecule has 1 aromatic rings. The van der Waals surface area contributed by atoms with Crippen LogP contribution in [0.15, 0.2) is 12.4 Å². The lowest BCUT2D eigenvalue weighted by atomic mass is 9.96. The smallest absolute Gasteiger partial charge is 0.329 e. The number of rotatable bonds is 7. The summed E-state index contributed by atoms with van der Waals surface area (Å²) in [5.74, 6) is -0.940. The molecule has 0 bridgehead atoms. The summed E-state index contributed by atoms with van der Waals surface area (Å²) in [5.41, 5.74) is 0.716. The van der Waals surface area contributed by atoms with Crippen LogP contribution in [0.5, 0.6) is 0 Å². The van der Waals surface area contributed by atoms with Gasteiger partial charge in [-0.1, -0.05) is 0 Å². The highest BCUT2D eigenvalue weighted by Gasteiger charge is 2.40. The van der Waals surface area contributed by atoms with E-state index in [-0.39, 0.29) is 18.8 Å². The van der Waals surface area contributed by atoms with Crippen molar-refractivity contribution in [2.24, 2.45) is 0 Å². The molecule has 19 heavy (non-hydrogen) atoms. The zero-order valence-corrected chi connectivity index (χ0v) is 10.9. The molecule has 7 nitrogen and oxygen atoms in total. The average molecular weight is 269 g/mol. The van der Waals surface area contributed by atoms with Crippen LogP contribution < -0.4 is 0 Å². The third-order valence-electron chi connectivity index (χ3n) is 3.08. The van der Waals surface area contributed by atoms with Gasteiger partial charge in [0.1, 0.15) is 6.61 Å². The number of aliphatic hydroxyl groups is 1. The van der Waals surface area contributed by atoms with Crippen LogP contribution in [-0.2, 0) is 22.6 Å². The summed E-state index contributed by atoms with van der Waals surface area (Å²) in [5, 5.41) is 21.5. The van der Waals surface area contributed by atoms with Gasteiger partial charge >= 0.3 is 5.97 Å². The summed E-state index contributed by atoms with van der Waals surface area (Å²) in [6, 6.07) is 0. The molecule has 1 aromatic heterocycles. The predicted molar refractivity (Wildman–Crippen MR) is 66.6 cm³/mol. The van der Waals surface area contributed by atoms with E-state index in [0.717, 1.165) is 12.1 Å². The van der Waals surface area contributed by atoms with E-state index in [1.54, 1.807) is 10.9 Å². The number of nitrogens with zero attached hydrogens (tertiary/aromatic N) is 3. The number of ether oxygens (including phenoxy) is 1. The van der Waals surface area contributed by atoms with E-state index >= 15 is 0 Å². The van der Waals surface area contributed by atoms with Gasteiger partial charge in [-0.2, -0.15) is 5.10 Å². The van der Waals surface area contributed by atoms with Crippen molar-refractivity contribution in [1.82, 2.24) is 14.7 Å². The minimum absolute atomic E-state index is 0.0753. The van der Waals surface area contributed by atoms with Gasteiger partial charge in [0.25, 0.3) is 0 Å². The Balaban J connectivity index is 1.75. The van der Waals surface area contributed by atoms with Gasteiger partial charge < -0.3 is 14.9 Å². The molecule has 0 aliphatic carbocycles. The second-order valence-corrected chi connectivity index (χ2v) is 5.11. The van der Waals surface area contributed by atoms with E-state index in [9.17, 15) is 4.79 Å². The molecule has 2 rings (SSSR count). The maximum atomic E-state index is 10.5. The third kappa shape index (κ3) is 3.76. The zero-order valence-electron chi connectivity index (χ0n) is 10.9. The van der Waals surface area contributed by atoms with Crippen molar-refractivity contribution in [1.29, 1.82) is 0 Å². The van der Waals surface area contributed by atoms with Crippen molar-refractivity contribution in [3.8, 4) is 0 Å². The molecule has 0 amide bonds. The molecule has 0 unspecified atom stereocenters. The molecule has 106 valence electrons. The standard InChI is InChI=1S/C12H19N3O4/c1-12(19-7-11(17)18)8-14(9-12)5-10-4-13-15(6-10)2-3-16/h4,6,16H,2-3,5,7-9H2,1H3,(H,17,18). The first kappa shape index (κ1) is 14.0. The van der Waals surface area contributed by atoms with E-state index in [4.69, 9.17) is 14.9 Å². The molecule has 0 radical (unpaired) electrons. The Morgan fingerprint density at radius 1 is 1.58 bits per heavy atom. The average Bonchev–Trinajstić information content (AvgIpc) is 2.73. The van der Waals surface area contributed by atoms with Gasteiger partial charge in [-0.25, -0.2) is 4.79 Å². The van der Waals surface area contributed by atoms with Gasteiger partial charge in [0.2, 0.25) is 0 Å². The number of carboxylic acid groups (broad SMARTS) is 1. The van der Waals surface area contributed by atoms with Gasteiger partial charge in [0.05, 0.1) is 24.9 Å². The summed E-state index contributed by atoms with van der Waals surface area (Å²) in [7, 11) is 0. The maximum absolute atomic E-state index is 10.5. The summed E-state index contributed by atoms with van der Waals surface area (Å²) >= 11 is 0. The third-order valence-corrected chi connectivity index (χ3v) is 3.08. The van der Waals surface area contributed by atoms with Crippen molar-refractivity contribution in [2.75, 3.05) is 26.3 Å². The Hall–Kier alpha value is -1.44. The number of hydrogen-bond acceptors (Lipinski definition) is 5. The highest BCUT2D eigenvalue weighted by atomic mass is 16.5. The Labute approximate surface area is 111 Å². The van der Waals surface area contributed by atoms with Gasteiger partial charge in [-0.3, -0.25) is 9.58 Å². The van der Waals surface area contributed by atoms with Crippen molar-refractivity contribution in [3.63, 3.8) is 0 Å². The molecule has 0 saturated carbocycles. The summed E-state index contributed by atoms with van der Waals surface area (Å²) in [4.78, 5) is 12.6. The minimum Gasteiger partial charge on any atom is -0.480 e. The van der Waals surface area contributed by atoms with Crippen LogP contribution in [0.4, 0.5) is 0 Å². The van der Waals surface area contributed by atoms with Crippen LogP contribution in [0.3, 0.4) is 0 Å². The fraction of sp³-hybridized carbons (Fsp3) is 0.667. The van der Waals surface area contributed by atoms with Gasteiger partial charge in [0.15, 0.2) is 0 Å². The number of carboxylic acids is 1. The SMILES string of the molecule is CC1(OCC(=O)O)CN(Cc2cnn(CCO)c2)C1. The molecule has 0 spiro atoms. The number of hydrogen-bond donors (Lipinski definition) is 2. The molecule has 2 heterocycles. The molecule has 0 atom stereocenters. The summed E-state index contributed by atoms with van der Waals surface area (Å²) < 4.78 is 7.05. The fourth-order valence-electron chi connectivity index (χ4n) is 2.31. The van der Waals surface area contributed by atoms with E-state index in [0.29, 0.717) is 19.6 Å². The number of aromatic nitrogens is 2. The number of aliphatic hydroxyl groups excluding tert-OH is 1. The molecular formula is C12H19N3O4. The molecular weight excluding hydrogens is 250 g/mol. The number of aliphatic carboxylic acids is 1. The molecule has 2 N–H and O–H groups in total. The minimum atomic E-state index is -0.940. The zero-order chi connectivity index (χ0) is 13.9. The number of likely N-dealkylation sites (tertiary alicyclic amines) is 1. The van der Waals surface area contributed by atoms with Crippen molar-refractivity contribution in [3.05, 3.63) is 18.0 Å². The molecule has 1 aliphatic rings. The second-order valence-electron chi connectivity index (χ2n) is 5.11. The largest absolute Gasteiger partial charge is 0.480 e. The Morgan fingerprint density at radius 3 is 2.95 bits per heavy atom. The molecule has 1 aliphatic heterocycles. The Kier molecular flexibility index (Phi) is 4.18. The van der Waals surface area contributed by atoms with E-state index in [2.05, 4.69) is 10.00 Å². The fourth-order valence-corrected chi connectivity index (χ4v) is 2.31. The highest BCUT2D eigenvalue weighted by molar-refractivity contribution is 5.68. The quantitative estimate of drug-likeness (QED) is 0.697. The van der Waals surface area contributed by atoms with Crippen LogP contribution in [-0.4, -0.2) is 62.8 Å². The maximum Gasteiger partial charge on any atom is 0.329 e. The topological polar surface area (TPSA) is 87.8 Å². The van der Waals surface area contributed by atoms with Gasteiger partial charge in [0, 0.05) is 31.4 Å². The van der Waals surface area contributed by atoms with Crippen LogP contribution in [0.25, 0.3) is 0 Å². The Bertz CT molecular complexity index is 440. The lowest BCUT2D eigenvalue weighted by Gasteiger charge is -2.47. The first-order valence-electron chi connectivity index (χ1n) is 6.21. The van der Waals surface area contributed by atoms with Crippen molar-refractivity contribution < 1.29 is 19.7 Å². The lowest BCUT2D eigenvalue weighted by molar-refractivity contribution is -0.165. The van der Waals surface area contributed by atoms with Crippen LogP contribution in [0.2, 0.25) is 0 Å². The predicted octanol–water partition coefficient (Wildman–Crippen LogP) is -0.449. The molecule has 0 aromatic carbocycles. The van der Waals surface area contributed by atoms with Crippen molar-refractivity contribution >= 4 is 5.97 Å². The van der Waals surface area contributed by atoms with Crippen molar-refractivity contribution in [2.45, 2.75) is 25.6 Å².